The summed E-state index contributed by atoms with van der Waals surface area (Å²) in [5, 5.41) is 12.6. The van der Waals surface area contributed by atoms with Crippen molar-refractivity contribution in [3.8, 4) is 5.75 Å². The van der Waals surface area contributed by atoms with E-state index in [4.69, 9.17) is 9.47 Å². The van der Waals surface area contributed by atoms with Crippen LogP contribution in [0.4, 0.5) is 38.0 Å². The summed E-state index contributed by atoms with van der Waals surface area (Å²) in [6, 6.07) is 4.14. The average molecular weight is 629 g/mol. The number of carbonyl (C=O) groups is 2. The fraction of sp³-hybridized carbons (Fsp3) is 0.586. The van der Waals surface area contributed by atoms with Crippen LogP contribution in [0.25, 0.3) is 0 Å². The highest BCUT2D eigenvalue weighted by molar-refractivity contribution is 5.99. The highest BCUT2D eigenvalue weighted by Crippen LogP contribution is 2.51. The molecular weight excluding hydrogens is 598 g/mol. The van der Waals surface area contributed by atoms with Crippen molar-refractivity contribution in [2.75, 3.05) is 31.3 Å². The van der Waals surface area contributed by atoms with Crippen LogP contribution in [0.5, 0.6) is 5.75 Å². The molecule has 1 spiro atoms. The van der Waals surface area contributed by atoms with Gasteiger partial charge in [0.2, 0.25) is 5.95 Å². The minimum atomic E-state index is -5.09. The number of rotatable bonds is 6. The first-order valence-corrected chi connectivity index (χ1v) is 14.3. The van der Waals surface area contributed by atoms with E-state index in [-0.39, 0.29) is 43.1 Å². The molecule has 2 saturated carbocycles. The second-order valence-corrected chi connectivity index (χ2v) is 12.5. The van der Waals surface area contributed by atoms with Gasteiger partial charge in [-0.1, -0.05) is 6.92 Å². The summed E-state index contributed by atoms with van der Waals surface area (Å²) in [6.07, 6.45) is -6.43. The number of aliphatic carboxylic acids is 1. The van der Waals surface area contributed by atoms with E-state index in [9.17, 15) is 41.0 Å². The topological polar surface area (TPSA) is 114 Å². The molecule has 2 bridgehead atoms. The van der Waals surface area contributed by atoms with Crippen LogP contribution >= 0.6 is 0 Å². The van der Waals surface area contributed by atoms with Crippen molar-refractivity contribution in [2.45, 2.75) is 62.3 Å². The smallest absolute Gasteiger partial charge is 0.434 e. The molecule has 1 aromatic carbocycles. The molecule has 238 valence electrons. The number of aromatic nitrogens is 2. The number of hydrogen-bond donors (Lipinski definition) is 2. The number of nitrogens with zero attached hydrogens (tertiary/aromatic N) is 3. The van der Waals surface area contributed by atoms with Crippen LogP contribution in [-0.2, 0) is 21.1 Å². The molecule has 2 aliphatic heterocycles. The van der Waals surface area contributed by atoms with Gasteiger partial charge in [0.05, 0.1) is 12.2 Å². The zero-order valence-corrected chi connectivity index (χ0v) is 23.6. The lowest BCUT2D eigenvalue weighted by atomic mass is 9.78. The van der Waals surface area contributed by atoms with Crippen molar-refractivity contribution < 1.29 is 50.5 Å². The summed E-state index contributed by atoms with van der Waals surface area (Å²) < 4.78 is 91.9. The number of carboxylic acids is 1. The molecule has 3 heterocycles. The number of carbonyl (C=O) groups excluding carboxylic acids is 1. The van der Waals surface area contributed by atoms with Crippen LogP contribution in [-0.4, -0.2) is 65.0 Å². The maximum atomic E-state index is 14.4. The van der Waals surface area contributed by atoms with E-state index in [1.165, 1.54) is 23.1 Å². The molecule has 2 aliphatic carbocycles. The predicted octanol–water partition coefficient (Wildman–Crippen LogP) is 5.26. The zero-order chi connectivity index (χ0) is 31.7. The van der Waals surface area contributed by atoms with Crippen molar-refractivity contribution >= 4 is 23.5 Å². The fourth-order valence-electron chi connectivity index (χ4n) is 7.59. The summed E-state index contributed by atoms with van der Waals surface area (Å²) in [5.41, 5.74) is -3.97. The third-order valence-electron chi connectivity index (χ3n) is 9.39. The molecule has 2 N–H and O–H groups in total. The Labute approximate surface area is 247 Å². The van der Waals surface area contributed by atoms with Crippen molar-refractivity contribution in [1.29, 1.82) is 0 Å². The molecule has 2 aromatic rings. The van der Waals surface area contributed by atoms with Crippen LogP contribution in [0.1, 0.15) is 60.6 Å². The van der Waals surface area contributed by atoms with E-state index < -0.39 is 59.0 Å². The maximum absolute atomic E-state index is 14.4. The average Bonchev–Trinajstić information content (AvgIpc) is 3.61. The highest BCUT2D eigenvalue weighted by Gasteiger charge is 2.57. The minimum Gasteiger partial charge on any atom is -0.484 e. The number of nitrogens with one attached hydrogen (secondary N) is 1. The van der Waals surface area contributed by atoms with Gasteiger partial charge < -0.3 is 24.8 Å². The van der Waals surface area contributed by atoms with Crippen LogP contribution in [0.3, 0.4) is 0 Å². The van der Waals surface area contributed by atoms with Crippen LogP contribution in [0, 0.1) is 17.8 Å². The van der Waals surface area contributed by atoms with Crippen LogP contribution in [0.2, 0.25) is 0 Å². The first-order valence-electron chi connectivity index (χ1n) is 14.3. The normalized spacial score (nSPS) is 29.6. The molecule has 9 nitrogen and oxygen atoms in total. The molecule has 5 unspecified atom stereocenters. The molecule has 6 rings (SSSR count). The van der Waals surface area contributed by atoms with Crippen molar-refractivity contribution in [1.82, 2.24) is 15.3 Å². The maximum Gasteiger partial charge on any atom is 0.434 e. The standard InChI is InChI=1S/C29H30F6N4O5/c1-15-6-16-8-17(7-15)27(10-16,24(41)42)38-23(40)19-11-36-25(37-22(19)29(33,34)35)39-12-26(4-5-43-13-26)20-9-18(2-3-21(20)39)44-14-28(30,31)32/h2-3,9,11,15-17H,4-8,10,12-14H2,1H3,(H,38,40)(H,41,42). The van der Waals surface area contributed by atoms with Crippen molar-refractivity contribution in [3.05, 3.63) is 41.2 Å². The number of fused-ring (bicyclic) bond motifs is 4. The lowest BCUT2D eigenvalue weighted by Crippen LogP contribution is -2.57. The van der Waals surface area contributed by atoms with E-state index in [1.807, 2.05) is 6.92 Å². The van der Waals surface area contributed by atoms with Crippen molar-refractivity contribution in [3.63, 3.8) is 0 Å². The molecule has 3 fully saturated rings. The summed E-state index contributed by atoms with van der Waals surface area (Å²) >= 11 is 0. The van der Waals surface area contributed by atoms with E-state index in [2.05, 4.69) is 15.3 Å². The quantitative estimate of drug-likeness (QED) is 0.417. The number of alkyl halides is 6. The highest BCUT2D eigenvalue weighted by atomic mass is 19.4. The molecule has 5 atom stereocenters. The van der Waals surface area contributed by atoms with Gasteiger partial charge in [0, 0.05) is 30.5 Å². The van der Waals surface area contributed by atoms with Gasteiger partial charge in [0.1, 0.15) is 11.3 Å². The first kappa shape index (κ1) is 30.4. The van der Waals surface area contributed by atoms with Gasteiger partial charge in [-0.15, -0.1) is 0 Å². The number of amides is 1. The third-order valence-corrected chi connectivity index (χ3v) is 9.39. The number of benzene rings is 1. The SMILES string of the molecule is CC1CC2CC(C1)C(NC(=O)c1cnc(N3CC4(CCOC4)c4cc(OCC(F)(F)F)ccc43)nc1C(F)(F)F)(C(=O)O)C2. The Morgan fingerprint density at radius 2 is 1.95 bits per heavy atom. The van der Waals surface area contributed by atoms with E-state index in [0.717, 1.165) is 12.6 Å². The Balaban J connectivity index is 1.34. The Bertz CT molecular complexity index is 1480. The summed E-state index contributed by atoms with van der Waals surface area (Å²) in [6.45, 7) is 1.06. The van der Waals surface area contributed by atoms with Gasteiger partial charge in [0.25, 0.3) is 5.91 Å². The van der Waals surface area contributed by atoms with E-state index in [0.29, 0.717) is 37.1 Å². The second kappa shape index (κ2) is 10.5. The molecular formula is C29H30F6N4O5. The van der Waals surface area contributed by atoms with Gasteiger partial charge in [-0.05, 0) is 73.6 Å². The summed E-state index contributed by atoms with van der Waals surface area (Å²) in [7, 11) is 0. The van der Waals surface area contributed by atoms with Gasteiger partial charge in [0.15, 0.2) is 12.3 Å². The molecule has 0 radical (unpaired) electrons. The van der Waals surface area contributed by atoms with Gasteiger partial charge in [-0.2, -0.15) is 26.3 Å². The minimum absolute atomic E-state index is 0.0439. The molecule has 1 saturated heterocycles. The number of carboxylic acid groups (broad SMARTS) is 1. The lowest BCUT2D eigenvalue weighted by Gasteiger charge is -2.33. The zero-order valence-electron chi connectivity index (χ0n) is 23.6. The number of ether oxygens (including phenoxy) is 2. The Morgan fingerprint density at radius 1 is 1.18 bits per heavy atom. The number of halogens is 6. The van der Waals surface area contributed by atoms with Crippen LogP contribution < -0.4 is 15.0 Å². The van der Waals surface area contributed by atoms with E-state index in [1.54, 1.807) is 0 Å². The van der Waals surface area contributed by atoms with Gasteiger partial charge in [-0.25, -0.2) is 14.8 Å². The molecule has 1 amide bonds. The van der Waals surface area contributed by atoms with Crippen molar-refractivity contribution in [2.24, 2.45) is 17.8 Å². The first-order chi connectivity index (χ1) is 20.6. The second-order valence-electron chi connectivity index (χ2n) is 12.5. The largest absolute Gasteiger partial charge is 0.484 e. The lowest BCUT2D eigenvalue weighted by molar-refractivity contribution is -0.153. The third kappa shape index (κ3) is 5.32. The fourth-order valence-corrected chi connectivity index (χ4v) is 7.59. The molecule has 44 heavy (non-hydrogen) atoms. The molecule has 4 aliphatic rings. The predicted molar refractivity (Wildman–Crippen MR) is 142 cm³/mol. The van der Waals surface area contributed by atoms with Gasteiger partial charge >= 0.3 is 18.3 Å². The molecule has 15 heteroatoms. The Kier molecular flexibility index (Phi) is 7.25. The Hall–Kier alpha value is -3.62. The number of hydrogen-bond acceptors (Lipinski definition) is 7. The molecule has 1 aromatic heterocycles. The van der Waals surface area contributed by atoms with E-state index >= 15 is 0 Å². The Morgan fingerprint density at radius 3 is 2.61 bits per heavy atom. The summed E-state index contributed by atoms with van der Waals surface area (Å²) in [5.74, 6) is -3.08. The monoisotopic (exact) mass is 628 g/mol. The summed E-state index contributed by atoms with van der Waals surface area (Å²) in [4.78, 5) is 35.1. The van der Waals surface area contributed by atoms with Crippen LogP contribution in [0.15, 0.2) is 24.4 Å². The van der Waals surface area contributed by atoms with Gasteiger partial charge in [-0.3, -0.25) is 4.79 Å². The number of anilines is 2.